The molecule has 2 rings (SSSR count). The van der Waals surface area contributed by atoms with Crippen LogP contribution in [0.25, 0.3) is 10.4 Å². The fourth-order valence-electron chi connectivity index (χ4n) is 2.72. The number of azide groups is 1. The molecular formula is C10H16N4O2. The van der Waals surface area contributed by atoms with Gasteiger partial charge in [0, 0.05) is 17.0 Å². The van der Waals surface area contributed by atoms with E-state index in [4.69, 9.17) is 10.3 Å². The van der Waals surface area contributed by atoms with Gasteiger partial charge in [-0.15, -0.1) is 0 Å². The largest absolute Gasteiger partial charge is 0.356 e. The van der Waals surface area contributed by atoms with Gasteiger partial charge >= 0.3 is 0 Å². The van der Waals surface area contributed by atoms with Crippen LogP contribution in [0, 0.1) is 5.92 Å². The molecule has 2 aliphatic heterocycles. The maximum absolute atomic E-state index is 12.0. The summed E-state index contributed by atoms with van der Waals surface area (Å²) in [5.41, 5.74) is 7.88. The lowest BCUT2D eigenvalue weighted by Crippen LogP contribution is -2.73. The monoisotopic (exact) mass is 224 g/mol. The van der Waals surface area contributed by atoms with Gasteiger partial charge in [-0.3, -0.25) is 4.79 Å². The van der Waals surface area contributed by atoms with Crippen molar-refractivity contribution in [2.75, 3.05) is 6.61 Å². The molecule has 0 aliphatic carbocycles. The van der Waals surface area contributed by atoms with Gasteiger partial charge in [0.2, 0.25) is 5.91 Å². The van der Waals surface area contributed by atoms with Crippen LogP contribution < -0.4 is 0 Å². The van der Waals surface area contributed by atoms with E-state index in [0.717, 1.165) is 6.42 Å². The van der Waals surface area contributed by atoms with Crippen molar-refractivity contribution in [2.24, 2.45) is 11.0 Å². The molecule has 16 heavy (non-hydrogen) atoms. The van der Waals surface area contributed by atoms with Crippen molar-refractivity contribution in [3.63, 3.8) is 0 Å². The molecule has 0 spiro atoms. The SMILES string of the molecule is CC(N=[N+]=[N-])[C@@H]1C(=O)N2C1CCOC2(C)C. The number of carbonyl (C=O) groups excluding carboxylic acids is 1. The molecule has 3 atom stereocenters. The fraction of sp³-hybridized carbons (Fsp3) is 0.900. The van der Waals surface area contributed by atoms with Crippen molar-refractivity contribution in [1.82, 2.24) is 4.90 Å². The van der Waals surface area contributed by atoms with Crippen LogP contribution in [0.2, 0.25) is 0 Å². The second-order valence-corrected chi connectivity index (χ2v) is 4.83. The Hall–Kier alpha value is -1.26. The van der Waals surface area contributed by atoms with Gasteiger partial charge in [-0.1, -0.05) is 12.0 Å². The van der Waals surface area contributed by atoms with Crippen molar-refractivity contribution in [2.45, 2.75) is 45.0 Å². The van der Waals surface area contributed by atoms with Gasteiger partial charge in [-0.25, -0.2) is 0 Å². The van der Waals surface area contributed by atoms with Crippen molar-refractivity contribution in [3.8, 4) is 0 Å². The first kappa shape index (κ1) is 11.2. The Morgan fingerprint density at radius 1 is 1.69 bits per heavy atom. The zero-order chi connectivity index (χ0) is 11.9. The molecule has 6 heteroatoms. The summed E-state index contributed by atoms with van der Waals surface area (Å²) in [6.45, 7) is 6.24. The fourth-order valence-corrected chi connectivity index (χ4v) is 2.72. The van der Waals surface area contributed by atoms with Crippen molar-refractivity contribution in [1.29, 1.82) is 0 Å². The van der Waals surface area contributed by atoms with Crippen LogP contribution in [0.4, 0.5) is 0 Å². The Morgan fingerprint density at radius 2 is 2.38 bits per heavy atom. The van der Waals surface area contributed by atoms with Gasteiger partial charge < -0.3 is 9.64 Å². The highest BCUT2D eigenvalue weighted by Gasteiger charge is 2.56. The van der Waals surface area contributed by atoms with Gasteiger partial charge in [-0.05, 0) is 25.8 Å². The number of amides is 1. The smallest absolute Gasteiger partial charge is 0.230 e. The number of β-lactam (4-membered cyclic amide) rings is 1. The van der Waals surface area contributed by atoms with Crippen LogP contribution in [-0.2, 0) is 9.53 Å². The third kappa shape index (κ3) is 1.45. The molecule has 0 aromatic rings. The van der Waals surface area contributed by atoms with Crippen LogP contribution in [0.1, 0.15) is 27.2 Å². The molecule has 2 heterocycles. The standard InChI is InChI=1S/C10H16N4O2/c1-6(12-13-11)8-7-4-5-16-10(2,3)14(7)9(8)15/h6-8H,4-5H2,1-3H3/t6?,7?,8-/m0/s1. The number of ether oxygens (including phenoxy) is 1. The molecule has 2 aliphatic rings. The molecule has 0 bridgehead atoms. The summed E-state index contributed by atoms with van der Waals surface area (Å²) in [7, 11) is 0. The van der Waals surface area contributed by atoms with Crippen molar-refractivity contribution < 1.29 is 9.53 Å². The summed E-state index contributed by atoms with van der Waals surface area (Å²) in [6, 6.07) is -0.107. The molecule has 0 N–H and O–H groups in total. The lowest BCUT2D eigenvalue weighted by Gasteiger charge is -2.58. The first-order valence-corrected chi connectivity index (χ1v) is 5.50. The minimum atomic E-state index is -0.521. The van der Waals surface area contributed by atoms with Crippen molar-refractivity contribution in [3.05, 3.63) is 10.4 Å². The number of carbonyl (C=O) groups is 1. The number of fused-ring (bicyclic) bond motifs is 1. The quantitative estimate of drug-likeness (QED) is 0.309. The predicted octanol–water partition coefficient (Wildman–Crippen LogP) is 1.67. The van der Waals surface area contributed by atoms with E-state index in [1.807, 2.05) is 13.8 Å². The Labute approximate surface area is 94.2 Å². The van der Waals surface area contributed by atoms with E-state index >= 15 is 0 Å². The third-order valence-electron chi connectivity index (χ3n) is 3.47. The molecule has 1 amide bonds. The van der Waals surface area contributed by atoms with E-state index in [-0.39, 0.29) is 23.9 Å². The van der Waals surface area contributed by atoms with E-state index < -0.39 is 5.72 Å². The highest BCUT2D eigenvalue weighted by atomic mass is 16.5. The first-order valence-electron chi connectivity index (χ1n) is 5.50. The van der Waals surface area contributed by atoms with Crippen LogP contribution >= 0.6 is 0 Å². The number of nitrogens with zero attached hydrogens (tertiary/aromatic N) is 4. The predicted molar refractivity (Wildman–Crippen MR) is 57.4 cm³/mol. The van der Waals surface area contributed by atoms with Gasteiger partial charge in [0.05, 0.1) is 12.5 Å². The van der Waals surface area contributed by atoms with Crippen LogP contribution in [0.3, 0.4) is 0 Å². The van der Waals surface area contributed by atoms with Gasteiger partial charge in [0.1, 0.15) is 5.72 Å². The molecule has 0 saturated carbocycles. The topological polar surface area (TPSA) is 78.3 Å². The number of rotatable bonds is 2. The summed E-state index contributed by atoms with van der Waals surface area (Å²) < 4.78 is 5.56. The van der Waals surface area contributed by atoms with E-state index in [1.54, 1.807) is 11.8 Å². The minimum absolute atomic E-state index is 0.0367. The Bertz CT molecular complexity index is 362. The van der Waals surface area contributed by atoms with Crippen LogP contribution in [0.15, 0.2) is 5.11 Å². The summed E-state index contributed by atoms with van der Waals surface area (Å²) in [5.74, 6) is -0.131. The second kappa shape index (κ2) is 3.64. The Balaban J connectivity index is 2.17. The average Bonchev–Trinajstić information content (AvgIpc) is 2.15. The maximum atomic E-state index is 12.0. The molecule has 0 aromatic carbocycles. The third-order valence-corrected chi connectivity index (χ3v) is 3.47. The van der Waals surface area contributed by atoms with Crippen LogP contribution in [0.5, 0.6) is 0 Å². The van der Waals surface area contributed by atoms with E-state index in [1.165, 1.54) is 0 Å². The van der Waals surface area contributed by atoms with Gasteiger partial charge in [0.25, 0.3) is 0 Å². The van der Waals surface area contributed by atoms with Gasteiger partial charge in [-0.2, -0.15) is 0 Å². The lowest BCUT2D eigenvalue weighted by molar-refractivity contribution is -0.234. The highest BCUT2D eigenvalue weighted by molar-refractivity contribution is 5.87. The summed E-state index contributed by atoms with van der Waals surface area (Å²) in [5, 5.41) is 3.63. The molecule has 2 fully saturated rings. The maximum Gasteiger partial charge on any atom is 0.230 e. The van der Waals surface area contributed by atoms with Crippen molar-refractivity contribution >= 4 is 5.91 Å². The van der Waals surface area contributed by atoms with E-state index in [0.29, 0.717) is 6.61 Å². The summed E-state index contributed by atoms with van der Waals surface area (Å²) in [4.78, 5) is 16.5. The summed E-state index contributed by atoms with van der Waals surface area (Å²) >= 11 is 0. The molecule has 6 nitrogen and oxygen atoms in total. The Morgan fingerprint density at radius 3 is 3.00 bits per heavy atom. The summed E-state index contributed by atoms with van der Waals surface area (Å²) in [6.07, 6.45) is 0.825. The zero-order valence-corrected chi connectivity index (χ0v) is 9.75. The van der Waals surface area contributed by atoms with Gasteiger partial charge in [0.15, 0.2) is 0 Å². The molecule has 88 valence electrons. The van der Waals surface area contributed by atoms with Crippen LogP contribution in [-0.4, -0.2) is 35.2 Å². The zero-order valence-electron chi connectivity index (χ0n) is 9.75. The minimum Gasteiger partial charge on any atom is -0.356 e. The molecule has 2 unspecified atom stereocenters. The second-order valence-electron chi connectivity index (χ2n) is 4.83. The lowest BCUT2D eigenvalue weighted by atomic mass is 9.78. The Kier molecular flexibility index (Phi) is 2.56. The highest BCUT2D eigenvalue weighted by Crippen LogP contribution is 2.42. The normalized spacial score (nSPS) is 33.4. The first-order chi connectivity index (χ1) is 7.49. The molecule has 0 aromatic heterocycles. The molecule has 2 saturated heterocycles. The number of hydrogen-bond donors (Lipinski definition) is 0. The van der Waals surface area contributed by atoms with E-state index in [2.05, 4.69) is 10.0 Å². The van der Waals surface area contributed by atoms with E-state index in [9.17, 15) is 4.79 Å². The average molecular weight is 224 g/mol. The number of hydrogen-bond acceptors (Lipinski definition) is 3. The molecule has 0 radical (unpaired) electrons. The molecular weight excluding hydrogens is 208 g/mol.